The van der Waals surface area contributed by atoms with Gasteiger partial charge in [-0.1, -0.05) is 0 Å². The lowest BCUT2D eigenvalue weighted by atomic mass is 10.2. The molecule has 0 aliphatic carbocycles. The van der Waals surface area contributed by atoms with Gasteiger partial charge < -0.3 is 19.1 Å². The molecule has 120 valence electrons. The molecule has 2 saturated heterocycles. The number of amides is 1. The summed E-state index contributed by atoms with van der Waals surface area (Å²) in [4.78, 5) is 13.8. The first-order chi connectivity index (χ1) is 10.7. The molecular weight excluding hydrogens is 286 g/mol. The summed E-state index contributed by atoms with van der Waals surface area (Å²) in [6, 6.07) is 3.65. The summed E-state index contributed by atoms with van der Waals surface area (Å²) in [7, 11) is 0. The van der Waals surface area contributed by atoms with Crippen molar-refractivity contribution in [1.82, 2.24) is 15.1 Å². The fourth-order valence-electron chi connectivity index (χ4n) is 2.62. The Morgan fingerprint density at radius 1 is 1.23 bits per heavy atom. The fourth-order valence-corrected chi connectivity index (χ4v) is 2.62. The van der Waals surface area contributed by atoms with Crippen molar-refractivity contribution in [2.75, 3.05) is 26.3 Å². The van der Waals surface area contributed by atoms with Crippen molar-refractivity contribution in [2.45, 2.75) is 38.4 Å². The number of carbonyl (C=O) groups excluding carboxylic acids is 1. The standard InChI is InChI=1S/C15H21N3O4/c1-11-2-3-14(17-16-11)21-13-4-7-18(10-13)15(19)22-12-5-8-20-9-6-12/h2-3,12-13H,4-10H2,1H3. The Kier molecular flexibility index (Phi) is 4.72. The monoisotopic (exact) mass is 307 g/mol. The van der Waals surface area contributed by atoms with Gasteiger partial charge in [0.25, 0.3) is 0 Å². The number of hydrogen-bond donors (Lipinski definition) is 0. The second kappa shape index (κ2) is 6.91. The smallest absolute Gasteiger partial charge is 0.410 e. The second-order valence-electron chi connectivity index (χ2n) is 5.68. The average molecular weight is 307 g/mol. The molecule has 1 atom stereocenters. The van der Waals surface area contributed by atoms with Crippen molar-refractivity contribution >= 4 is 6.09 Å². The van der Waals surface area contributed by atoms with Crippen LogP contribution >= 0.6 is 0 Å². The van der Waals surface area contributed by atoms with Gasteiger partial charge in [-0.15, -0.1) is 5.10 Å². The Hall–Kier alpha value is -1.89. The molecule has 3 heterocycles. The Bertz CT molecular complexity index is 502. The van der Waals surface area contributed by atoms with E-state index in [1.54, 1.807) is 11.0 Å². The van der Waals surface area contributed by atoms with Gasteiger partial charge in [0.05, 0.1) is 25.5 Å². The molecule has 2 aliphatic rings. The number of aryl methyl sites for hydroxylation is 1. The Labute approximate surface area is 129 Å². The van der Waals surface area contributed by atoms with Crippen molar-refractivity contribution in [3.05, 3.63) is 17.8 Å². The second-order valence-corrected chi connectivity index (χ2v) is 5.68. The van der Waals surface area contributed by atoms with Crippen molar-refractivity contribution < 1.29 is 19.0 Å². The molecule has 0 bridgehead atoms. The number of nitrogens with zero attached hydrogens (tertiary/aromatic N) is 3. The summed E-state index contributed by atoms with van der Waals surface area (Å²) in [5.74, 6) is 0.496. The van der Waals surface area contributed by atoms with Crippen LogP contribution in [0.1, 0.15) is 25.0 Å². The lowest BCUT2D eigenvalue weighted by Crippen LogP contribution is -2.36. The van der Waals surface area contributed by atoms with E-state index in [9.17, 15) is 4.79 Å². The van der Waals surface area contributed by atoms with E-state index in [-0.39, 0.29) is 18.3 Å². The highest BCUT2D eigenvalue weighted by Crippen LogP contribution is 2.19. The molecule has 7 nitrogen and oxygen atoms in total. The summed E-state index contributed by atoms with van der Waals surface area (Å²) in [5.41, 5.74) is 0.848. The average Bonchev–Trinajstić information content (AvgIpc) is 2.99. The molecule has 0 spiro atoms. The molecule has 22 heavy (non-hydrogen) atoms. The minimum atomic E-state index is -0.256. The van der Waals surface area contributed by atoms with Crippen LogP contribution in [0, 0.1) is 6.92 Å². The zero-order valence-electron chi connectivity index (χ0n) is 12.7. The Morgan fingerprint density at radius 2 is 2.05 bits per heavy atom. The normalized spacial score (nSPS) is 22.6. The van der Waals surface area contributed by atoms with Crippen LogP contribution in [0.2, 0.25) is 0 Å². The Morgan fingerprint density at radius 3 is 2.77 bits per heavy atom. The Balaban J connectivity index is 1.46. The van der Waals surface area contributed by atoms with E-state index >= 15 is 0 Å². The van der Waals surface area contributed by atoms with E-state index in [4.69, 9.17) is 14.2 Å². The molecule has 2 fully saturated rings. The largest absolute Gasteiger partial charge is 0.471 e. The highest BCUT2D eigenvalue weighted by molar-refractivity contribution is 5.68. The van der Waals surface area contributed by atoms with Gasteiger partial charge in [-0.3, -0.25) is 0 Å². The van der Waals surface area contributed by atoms with Gasteiger partial charge in [0.15, 0.2) is 0 Å². The van der Waals surface area contributed by atoms with Crippen LogP contribution in [0.15, 0.2) is 12.1 Å². The van der Waals surface area contributed by atoms with E-state index in [2.05, 4.69) is 10.2 Å². The lowest BCUT2D eigenvalue weighted by Gasteiger charge is -2.25. The van der Waals surface area contributed by atoms with Gasteiger partial charge in [0.1, 0.15) is 12.2 Å². The van der Waals surface area contributed by atoms with Gasteiger partial charge >= 0.3 is 6.09 Å². The lowest BCUT2D eigenvalue weighted by molar-refractivity contribution is -0.00899. The van der Waals surface area contributed by atoms with Crippen LogP contribution in [-0.4, -0.2) is 59.7 Å². The minimum absolute atomic E-state index is 0.0239. The molecule has 0 radical (unpaired) electrons. The molecule has 1 unspecified atom stereocenters. The van der Waals surface area contributed by atoms with Crippen molar-refractivity contribution in [2.24, 2.45) is 0 Å². The van der Waals surface area contributed by atoms with Crippen LogP contribution < -0.4 is 4.74 Å². The molecule has 7 heteroatoms. The maximum Gasteiger partial charge on any atom is 0.410 e. The number of likely N-dealkylation sites (tertiary alicyclic amines) is 1. The van der Waals surface area contributed by atoms with Crippen molar-refractivity contribution in [3.63, 3.8) is 0 Å². The molecule has 0 N–H and O–H groups in total. The van der Waals surface area contributed by atoms with Crippen LogP contribution in [0.3, 0.4) is 0 Å². The SMILES string of the molecule is Cc1ccc(OC2CCN(C(=O)OC3CCOCC3)C2)nn1. The highest BCUT2D eigenvalue weighted by atomic mass is 16.6. The first-order valence-electron chi connectivity index (χ1n) is 7.71. The number of hydrogen-bond acceptors (Lipinski definition) is 6. The number of rotatable bonds is 3. The van der Waals surface area contributed by atoms with E-state index in [1.165, 1.54) is 0 Å². The van der Waals surface area contributed by atoms with Gasteiger partial charge in [0, 0.05) is 31.9 Å². The highest BCUT2D eigenvalue weighted by Gasteiger charge is 2.30. The quantitative estimate of drug-likeness (QED) is 0.843. The van der Waals surface area contributed by atoms with Crippen molar-refractivity contribution in [1.29, 1.82) is 0 Å². The molecular formula is C15H21N3O4. The van der Waals surface area contributed by atoms with E-state index in [1.807, 2.05) is 13.0 Å². The van der Waals surface area contributed by atoms with E-state index in [0.717, 1.165) is 25.0 Å². The molecule has 0 saturated carbocycles. The van der Waals surface area contributed by atoms with Gasteiger partial charge in [-0.25, -0.2) is 4.79 Å². The third-order valence-electron chi connectivity index (χ3n) is 3.90. The van der Waals surface area contributed by atoms with E-state index in [0.29, 0.717) is 32.2 Å². The number of carbonyl (C=O) groups is 1. The first-order valence-corrected chi connectivity index (χ1v) is 7.71. The fraction of sp³-hybridized carbons (Fsp3) is 0.667. The van der Waals surface area contributed by atoms with Crippen molar-refractivity contribution in [3.8, 4) is 5.88 Å². The summed E-state index contributed by atoms with van der Waals surface area (Å²) in [6.45, 7) is 4.37. The molecule has 1 aromatic heterocycles. The maximum absolute atomic E-state index is 12.1. The third-order valence-corrected chi connectivity index (χ3v) is 3.90. The minimum Gasteiger partial charge on any atom is -0.471 e. The summed E-state index contributed by atoms with van der Waals surface area (Å²) < 4.78 is 16.5. The zero-order valence-corrected chi connectivity index (χ0v) is 12.7. The summed E-state index contributed by atoms with van der Waals surface area (Å²) in [6.07, 6.45) is 1.99. The van der Waals surface area contributed by atoms with Crippen LogP contribution in [0.5, 0.6) is 5.88 Å². The topological polar surface area (TPSA) is 73.8 Å². The summed E-state index contributed by atoms with van der Waals surface area (Å²) in [5, 5.41) is 7.95. The van der Waals surface area contributed by atoms with E-state index < -0.39 is 0 Å². The van der Waals surface area contributed by atoms with Crippen LogP contribution in [-0.2, 0) is 9.47 Å². The first kappa shape index (κ1) is 15.0. The molecule has 1 amide bonds. The van der Waals surface area contributed by atoms with Crippen LogP contribution in [0.4, 0.5) is 4.79 Å². The molecule has 0 aromatic carbocycles. The number of aromatic nitrogens is 2. The van der Waals surface area contributed by atoms with Gasteiger partial charge in [-0.05, 0) is 13.0 Å². The number of ether oxygens (including phenoxy) is 3. The zero-order chi connectivity index (χ0) is 15.4. The third kappa shape index (κ3) is 3.85. The molecule has 3 rings (SSSR count). The van der Waals surface area contributed by atoms with Gasteiger partial charge in [-0.2, -0.15) is 5.10 Å². The van der Waals surface area contributed by atoms with Crippen LogP contribution in [0.25, 0.3) is 0 Å². The predicted molar refractivity (Wildman–Crippen MR) is 77.7 cm³/mol. The molecule has 1 aromatic rings. The van der Waals surface area contributed by atoms with Gasteiger partial charge in [0.2, 0.25) is 5.88 Å². The predicted octanol–water partition coefficient (Wildman–Crippen LogP) is 1.55. The summed E-state index contributed by atoms with van der Waals surface area (Å²) >= 11 is 0. The molecule has 2 aliphatic heterocycles. The maximum atomic E-state index is 12.1.